The van der Waals surface area contributed by atoms with Crippen LogP contribution in [-0.2, 0) is 0 Å². The Morgan fingerprint density at radius 2 is 2.31 bits per heavy atom. The van der Waals surface area contributed by atoms with Gasteiger partial charge in [0.2, 0.25) is 0 Å². The maximum atomic E-state index is 9.13. The smallest absolute Gasteiger partial charge is 0.0636 e. The Morgan fingerprint density at radius 1 is 1.62 bits per heavy atom. The molecule has 0 aromatic carbocycles. The maximum absolute atomic E-state index is 9.13. The molecule has 3 heteroatoms. The first-order valence-corrected chi connectivity index (χ1v) is 5.16. The molecular formula is C10H22N2O. The molecule has 0 saturated carbocycles. The minimum atomic E-state index is -0.238. The van der Waals surface area contributed by atoms with Crippen molar-refractivity contribution in [3.8, 4) is 0 Å². The van der Waals surface area contributed by atoms with Gasteiger partial charge < -0.3 is 15.7 Å². The molecule has 1 rings (SSSR count). The normalized spacial score (nSPS) is 30.0. The monoisotopic (exact) mass is 186 g/mol. The van der Waals surface area contributed by atoms with Crippen LogP contribution in [0.1, 0.15) is 33.6 Å². The van der Waals surface area contributed by atoms with E-state index in [0.29, 0.717) is 12.6 Å². The van der Waals surface area contributed by atoms with Gasteiger partial charge in [-0.05, 0) is 40.2 Å². The second-order valence-corrected chi connectivity index (χ2v) is 4.76. The van der Waals surface area contributed by atoms with E-state index in [0.717, 1.165) is 19.4 Å². The zero-order valence-corrected chi connectivity index (χ0v) is 8.93. The summed E-state index contributed by atoms with van der Waals surface area (Å²) in [5, 5.41) is 16.0. The van der Waals surface area contributed by atoms with Crippen molar-refractivity contribution in [2.24, 2.45) is 0 Å². The summed E-state index contributed by atoms with van der Waals surface area (Å²) in [6, 6.07) is 0.561. The van der Waals surface area contributed by atoms with Gasteiger partial charge in [0.1, 0.15) is 0 Å². The molecule has 0 spiro atoms. The van der Waals surface area contributed by atoms with Crippen molar-refractivity contribution in [1.82, 2.24) is 10.6 Å². The Bertz CT molecular complexity index is 157. The molecule has 1 aliphatic heterocycles. The first-order valence-electron chi connectivity index (χ1n) is 5.16. The standard InChI is InChI=1S/C10H22N2O/c1-8(13)7-11-9-4-5-12-10(2,3)6-9/h8-9,11-13H,4-7H2,1-3H3/t8-,9?/m1/s1. The highest BCUT2D eigenvalue weighted by Gasteiger charge is 2.26. The van der Waals surface area contributed by atoms with Gasteiger partial charge in [0, 0.05) is 18.1 Å². The minimum absolute atomic E-state index is 0.238. The van der Waals surface area contributed by atoms with Crippen LogP contribution in [0.2, 0.25) is 0 Å². The molecule has 0 aromatic rings. The molecule has 3 N–H and O–H groups in total. The number of hydrogen-bond acceptors (Lipinski definition) is 3. The zero-order valence-electron chi connectivity index (χ0n) is 8.93. The van der Waals surface area contributed by atoms with Crippen molar-refractivity contribution in [3.63, 3.8) is 0 Å². The van der Waals surface area contributed by atoms with E-state index in [4.69, 9.17) is 5.11 Å². The second kappa shape index (κ2) is 4.40. The van der Waals surface area contributed by atoms with Gasteiger partial charge in [-0.15, -0.1) is 0 Å². The van der Waals surface area contributed by atoms with Crippen LogP contribution in [0.25, 0.3) is 0 Å². The Kier molecular flexibility index (Phi) is 3.71. The molecule has 3 nitrogen and oxygen atoms in total. The topological polar surface area (TPSA) is 44.3 Å². The van der Waals surface area contributed by atoms with Crippen molar-refractivity contribution in [1.29, 1.82) is 0 Å². The minimum Gasteiger partial charge on any atom is -0.392 e. The molecule has 0 amide bonds. The molecule has 0 radical (unpaired) electrons. The van der Waals surface area contributed by atoms with Crippen molar-refractivity contribution >= 4 is 0 Å². The van der Waals surface area contributed by atoms with Crippen LogP contribution in [0, 0.1) is 0 Å². The number of aliphatic hydroxyl groups is 1. The lowest BCUT2D eigenvalue weighted by Gasteiger charge is -2.37. The van der Waals surface area contributed by atoms with E-state index < -0.39 is 0 Å². The fraction of sp³-hybridized carbons (Fsp3) is 1.00. The van der Waals surface area contributed by atoms with E-state index >= 15 is 0 Å². The highest BCUT2D eigenvalue weighted by molar-refractivity contribution is 4.89. The molecule has 1 aliphatic rings. The van der Waals surface area contributed by atoms with Crippen LogP contribution >= 0.6 is 0 Å². The van der Waals surface area contributed by atoms with Crippen molar-refractivity contribution in [2.75, 3.05) is 13.1 Å². The summed E-state index contributed by atoms with van der Waals surface area (Å²) in [4.78, 5) is 0. The van der Waals surface area contributed by atoms with Crippen LogP contribution < -0.4 is 10.6 Å². The second-order valence-electron chi connectivity index (χ2n) is 4.76. The fourth-order valence-corrected chi connectivity index (χ4v) is 1.89. The van der Waals surface area contributed by atoms with Crippen molar-refractivity contribution in [3.05, 3.63) is 0 Å². The molecule has 78 valence electrons. The molecular weight excluding hydrogens is 164 g/mol. The molecule has 2 atom stereocenters. The number of hydrogen-bond donors (Lipinski definition) is 3. The van der Waals surface area contributed by atoms with Crippen LogP contribution in [0.4, 0.5) is 0 Å². The van der Waals surface area contributed by atoms with Crippen LogP contribution in [0.3, 0.4) is 0 Å². The first-order chi connectivity index (χ1) is 5.99. The molecule has 1 fully saturated rings. The van der Waals surface area contributed by atoms with Crippen LogP contribution in [-0.4, -0.2) is 35.9 Å². The fourth-order valence-electron chi connectivity index (χ4n) is 1.89. The quantitative estimate of drug-likeness (QED) is 0.601. The molecule has 1 saturated heterocycles. The third-order valence-electron chi connectivity index (χ3n) is 2.56. The summed E-state index contributed by atoms with van der Waals surface area (Å²) in [5.41, 5.74) is 0.245. The predicted octanol–water partition coefficient (Wildman–Crippen LogP) is 0.487. The highest BCUT2D eigenvalue weighted by atomic mass is 16.3. The maximum Gasteiger partial charge on any atom is 0.0636 e. The number of rotatable bonds is 3. The summed E-state index contributed by atoms with van der Waals surface area (Å²) < 4.78 is 0. The van der Waals surface area contributed by atoms with Gasteiger partial charge in [-0.25, -0.2) is 0 Å². The van der Waals surface area contributed by atoms with Crippen molar-refractivity contribution in [2.45, 2.75) is 51.3 Å². The Balaban J connectivity index is 2.26. The summed E-state index contributed by atoms with van der Waals surface area (Å²) in [6.07, 6.45) is 2.06. The average Bonchev–Trinajstić information content (AvgIpc) is 1.99. The Hall–Kier alpha value is -0.120. The molecule has 0 aliphatic carbocycles. The lowest BCUT2D eigenvalue weighted by molar-refractivity contribution is 0.171. The SMILES string of the molecule is C[C@@H](O)CNC1CCNC(C)(C)C1. The average molecular weight is 186 g/mol. The van der Waals surface area contributed by atoms with Gasteiger partial charge in [0.05, 0.1) is 6.10 Å². The van der Waals surface area contributed by atoms with Gasteiger partial charge in [-0.2, -0.15) is 0 Å². The van der Waals surface area contributed by atoms with E-state index in [1.807, 2.05) is 6.92 Å². The summed E-state index contributed by atoms with van der Waals surface area (Å²) in [5.74, 6) is 0. The van der Waals surface area contributed by atoms with Gasteiger partial charge in [0.25, 0.3) is 0 Å². The van der Waals surface area contributed by atoms with E-state index in [1.165, 1.54) is 0 Å². The molecule has 1 unspecified atom stereocenters. The third kappa shape index (κ3) is 4.07. The van der Waals surface area contributed by atoms with E-state index in [1.54, 1.807) is 0 Å². The third-order valence-corrected chi connectivity index (χ3v) is 2.56. The van der Waals surface area contributed by atoms with Crippen LogP contribution in [0.15, 0.2) is 0 Å². The van der Waals surface area contributed by atoms with Gasteiger partial charge in [-0.1, -0.05) is 0 Å². The van der Waals surface area contributed by atoms with Gasteiger partial charge in [-0.3, -0.25) is 0 Å². The highest BCUT2D eigenvalue weighted by Crippen LogP contribution is 2.17. The first kappa shape index (κ1) is 11.0. The lowest BCUT2D eigenvalue weighted by Crippen LogP contribution is -2.52. The van der Waals surface area contributed by atoms with Gasteiger partial charge in [0.15, 0.2) is 0 Å². The summed E-state index contributed by atoms with van der Waals surface area (Å²) >= 11 is 0. The number of piperidine rings is 1. The lowest BCUT2D eigenvalue weighted by atomic mass is 9.89. The zero-order chi connectivity index (χ0) is 9.90. The molecule has 13 heavy (non-hydrogen) atoms. The summed E-state index contributed by atoms with van der Waals surface area (Å²) in [7, 11) is 0. The van der Waals surface area contributed by atoms with E-state index in [2.05, 4.69) is 24.5 Å². The Morgan fingerprint density at radius 3 is 2.85 bits per heavy atom. The van der Waals surface area contributed by atoms with Crippen LogP contribution in [0.5, 0.6) is 0 Å². The predicted molar refractivity (Wildman–Crippen MR) is 54.8 cm³/mol. The number of aliphatic hydroxyl groups excluding tert-OH is 1. The Labute approximate surface area is 80.9 Å². The largest absolute Gasteiger partial charge is 0.392 e. The van der Waals surface area contributed by atoms with E-state index in [9.17, 15) is 0 Å². The van der Waals surface area contributed by atoms with Gasteiger partial charge >= 0.3 is 0 Å². The molecule has 1 heterocycles. The molecule has 0 aromatic heterocycles. The van der Waals surface area contributed by atoms with E-state index in [-0.39, 0.29) is 11.6 Å². The summed E-state index contributed by atoms with van der Waals surface area (Å²) in [6.45, 7) is 8.05. The van der Waals surface area contributed by atoms with Crippen molar-refractivity contribution < 1.29 is 5.11 Å². The number of nitrogens with one attached hydrogen (secondary N) is 2. The molecule has 0 bridgehead atoms.